The summed E-state index contributed by atoms with van der Waals surface area (Å²) in [5.74, 6) is 0. The van der Waals surface area contributed by atoms with Gasteiger partial charge in [0, 0.05) is 0 Å². The van der Waals surface area contributed by atoms with Crippen LogP contribution in [0.5, 0.6) is 0 Å². The summed E-state index contributed by atoms with van der Waals surface area (Å²) in [6.07, 6.45) is -2.52. The number of hydrogen-bond donors (Lipinski definition) is 0. The van der Waals surface area contributed by atoms with E-state index in [0.717, 1.165) is 30.5 Å². The summed E-state index contributed by atoms with van der Waals surface area (Å²) in [6.45, 7) is 4.12. The number of benzene rings is 2. The van der Waals surface area contributed by atoms with Crippen LogP contribution in [-0.2, 0) is 19.0 Å². The average molecular weight is 277 g/mol. The van der Waals surface area contributed by atoms with Crippen LogP contribution in [0.1, 0.15) is 30.5 Å². The molecule has 105 valence electrons. The minimum absolute atomic E-state index is 0.483. The molecule has 0 atom stereocenters. The summed E-state index contributed by atoms with van der Waals surface area (Å²) in [5.41, 5.74) is 3.05. The van der Waals surface area contributed by atoms with Crippen LogP contribution in [0.4, 0.5) is 13.2 Å². The highest BCUT2D eigenvalue weighted by molar-refractivity contribution is 5.65. The minimum Gasteiger partial charge on any atom is -0.166 e. The Morgan fingerprint density at radius 3 is 2.25 bits per heavy atom. The van der Waals surface area contributed by atoms with Gasteiger partial charge in [0.05, 0.1) is 5.56 Å². The van der Waals surface area contributed by atoms with Crippen LogP contribution in [0.2, 0.25) is 0 Å². The Balaban J connectivity index is 2.46. The third-order valence-electron chi connectivity index (χ3n) is 3.41. The van der Waals surface area contributed by atoms with Gasteiger partial charge in [0.2, 0.25) is 0 Å². The molecule has 0 aliphatic rings. The van der Waals surface area contributed by atoms with Gasteiger partial charge in [-0.2, -0.15) is 13.2 Å². The smallest absolute Gasteiger partial charge is 0.166 e. The average Bonchev–Trinajstić information content (AvgIpc) is 2.45. The van der Waals surface area contributed by atoms with Crippen molar-refractivity contribution in [1.82, 2.24) is 0 Å². The Kier molecular flexibility index (Phi) is 4.17. The number of rotatable bonds is 3. The Labute approximate surface area is 117 Å². The van der Waals surface area contributed by atoms with E-state index in [0.29, 0.717) is 5.56 Å². The molecule has 0 aromatic heterocycles. The molecule has 2 rings (SSSR count). The zero-order valence-electron chi connectivity index (χ0n) is 11.5. The molecule has 0 aliphatic heterocycles. The topological polar surface area (TPSA) is 0 Å². The molecule has 0 N–H and O–H groups in total. The van der Waals surface area contributed by atoms with Crippen LogP contribution >= 0.6 is 0 Å². The monoisotopic (exact) mass is 277 g/mol. The van der Waals surface area contributed by atoms with Crippen LogP contribution in [-0.4, -0.2) is 0 Å². The predicted molar refractivity (Wildman–Crippen MR) is 74.5 cm³/mol. The van der Waals surface area contributed by atoms with Crippen molar-refractivity contribution >= 4 is 0 Å². The lowest BCUT2D eigenvalue weighted by Gasteiger charge is -2.11. The molecule has 0 saturated carbocycles. The van der Waals surface area contributed by atoms with E-state index in [1.807, 2.05) is 25.1 Å². The second-order valence-electron chi connectivity index (χ2n) is 4.68. The van der Waals surface area contributed by atoms with E-state index in [9.17, 15) is 13.2 Å². The van der Waals surface area contributed by atoms with E-state index in [1.165, 1.54) is 17.2 Å². The first-order valence-corrected chi connectivity index (χ1v) is 6.66. The summed E-state index contributed by atoms with van der Waals surface area (Å²) in [4.78, 5) is 0. The lowest BCUT2D eigenvalue weighted by molar-refractivity contribution is -0.137. The maximum Gasteiger partial charge on any atom is 0.416 e. The third kappa shape index (κ3) is 3.03. The SMILES string of the molecule is CCc1ccc(-c2[c]ccc(C(F)(F)F)c2)cc1CC. The lowest BCUT2D eigenvalue weighted by Crippen LogP contribution is -2.04. The number of hydrogen-bond acceptors (Lipinski definition) is 0. The zero-order chi connectivity index (χ0) is 14.8. The molecule has 1 radical (unpaired) electrons. The van der Waals surface area contributed by atoms with Crippen molar-refractivity contribution in [2.75, 3.05) is 0 Å². The normalized spacial score (nSPS) is 11.7. The van der Waals surface area contributed by atoms with Crippen molar-refractivity contribution in [3.05, 3.63) is 59.2 Å². The summed E-state index contributed by atoms with van der Waals surface area (Å²) in [7, 11) is 0. The predicted octanol–water partition coefficient (Wildman–Crippen LogP) is 5.30. The largest absolute Gasteiger partial charge is 0.416 e. The van der Waals surface area contributed by atoms with Crippen molar-refractivity contribution in [3.63, 3.8) is 0 Å². The zero-order valence-corrected chi connectivity index (χ0v) is 11.5. The maximum absolute atomic E-state index is 12.7. The van der Waals surface area contributed by atoms with Gasteiger partial charge in [-0.15, -0.1) is 0 Å². The molecule has 0 bridgehead atoms. The van der Waals surface area contributed by atoms with Gasteiger partial charge in [-0.3, -0.25) is 0 Å². The standard InChI is InChI=1S/C17H16F3/c1-3-12-8-9-15(10-13(12)4-2)14-6-5-7-16(11-14)17(18,19)20/h5,7-11H,3-4H2,1-2H3. The lowest BCUT2D eigenvalue weighted by atomic mass is 9.96. The first-order valence-electron chi connectivity index (χ1n) is 6.66. The van der Waals surface area contributed by atoms with E-state index >= 15 is 0 Å². The summed E-state index contributed by atoms with van der Waals surface area (Å²) in [6, 6.07) is 12.2. The van der Waals surface area contributed by atoms with Crippen molar-refractivity contribution in [2.45, 2.75) is 32.9 Å². The van der Waals surface area contributed by atoms with E-state index < -0.39 is 11.7 Å². The van der Waals surface area contributed by atoms with Gasteiger partial charge in [-0.1, -0.05) is 38.1 Å². The van der Waals surface area contributed by atoms with Crippen molar-refractivity contribution in [2.24, 2.45) is 0 Å². The fourth-order valence-corrected chi connectivity index (χ4v) is 2.28. The molecule has 2 aromatic carbocycles. The van der Waals surface area contributed by atoms with Crippen molar-refractivity contribution in [3.8, 4) is 11.1 Å². The first kappa shape index (κ1) is 14.6. The fraction of sp³-hybridized carbons (Fsp3) is 0.294. The Bertz CT molecular complexity index is 597. The van der Waals surface area contributed by atoms with Gasteiger partial charge in [0.1, 0.15) is 0 Å². The second kappa shape index (κ2) is 5.70. The Hall–Kier alpha value is -1.77. The highest BCUT2D eigenvalue weighted by Gasteiger charge is 2.30. The van der Waals surface area contributed by atoms with Gasteiger partial charge in [0.25, 0.3) is 0 Å². The number of alkyl halides is 3. The summed E-state index contributed by atoms with van der Waals surface area (Å²) < 4.78 is 38.2. The molecule has 20 heavy (non-hydrogen) atoms. The number of halogens is 3. The molecule has 0 unspecified atom stereocenters. The van der Waals surface area contributed by atoms with Gasteiger partial charge in [0.15, 0.2) is 0 Å². The Morgan fingerprint density at radius 1 is 0.950 bits per heavy atom. The van der Waals surface area contributed by atoms with Gasteiger partial charge >= 0.3 is 6.18 Å². The molecule has 0 heterocycles. The van der Waals surface area contributed by atoms with Gasteiger partial charge < -0.3 is 0 Å². The summed E-state index contributed by atoms with van der Waals surface area (Å²) in [5, 5.41) is 0. The van der Waals surface area contributed by atoms with E-state index in [-0.39, 0.29) is 0 Å². The molecule has 0 nitrogen and oxygen atoms in total. The fourth-order valence-electron chi connectivity index (χ4n) is 2.28. The quantitative estimate of drug-likeness (QED) is 0.714. The molecule has 0 saturated heterocycles. The van der Waals surface area contributed by atoms with Crippen LogP contribution in [0.3, 0.4) is 0 Å². The third-order valence-corrected chi connectivity index (χ3v) is 3.41. The van der Waals surface area contributed by atoms with Gasteiger partial charge in [-0.25, -0.2) is 0 Å². The van der Waals surface area contributed by atoms with Crippen LogP contribution in [0.25, 0.3) is 11.1 Å². The highest BCUT2D eigenvalue weighted by Crippen LogP contribution is 2.32. The van der Waals surface area contributed by atoms with Crippen LogP contribution < -0.4 is 0 Å². The Morgan fingerprint density at radius 2 is 1.65 bits per heavy atom. The molecule has 2 aromatic rings. The maximum atomic E-state index is 12.7. The molecule has 3 heteroatoms. The molecule has 0 aliphatic carbocycles. The summed E-state index contributed by atoms with van der Waals surface area (Å²) >= 11 is 0. The molecule has 0 amide bonds. The van der Waals surface area contributed by atoms with E-state index in [1.54, 1.807) is 0 Å². The van der Waals surface area contributed by atoms with Crippen molar-refractivity contribution < 1.29 is 13.2 Å². The van der Waals surface area contributed by atoms with E-state index in [2.05, 4.69) is 13.0 Å². The van der Waals surface area contributed by atoms with Crippen LogP contribution in [0.15, 0.2) is 36.4 Å². The number of aryl methyl sites for hydroxylation is 2. The molecule has 0 spiro atoms. The first-order chi connectivity index (χ1) is 9.45. The molecular formula is C17H16F3. The van der Waals surface area contributed by atoms with Gasteiger partial charge in [-0.05, 0) is 53.3 Å². The van der Waals surface area contributed by atoms with Crippen molar-refractivity contribution in [1.29, 1.82) is 0 Å². The second-order valence-corrected chi connectivity index (χ2v) is 4.68. The van der Waals surface area contributed by atoms with E-state index in [4.69, 9.17) is 0 Å². The highest BCUT2D eigenvalue weighted by atomic mass is 19.4. The molecule has 0 fully saturated rings. The molecular weight excluding hydrogens is 261 g/mol. The van der Waals surface area contributed by atoms with Crippen LogP contribution in [0, 0.1) is 6.07 Å². The minimum atomic E-state index is -4.32.